The van der Waals surface area contributed by atoms with E-state index in [-0.39, 0.29) is 12.0 Å². The maximum absolute atomic E-state index is 12.6. The van der Waals surface area contributed by atoms with Gasteiger partial charge in [0.25, 0.3) is 0 Å². The third-order valence-electron chi connectivity index (χ3n) is 5.08. The summed E-state index contributed by atoms with van der Waals surface area (Å²) in [6.07, 6.45) is 5.12. The Balaban J connectivity index is 2.15. The van der Waals surface area contributed by atoms with Crippen LogP contribution in [0.1, 0.15) is 26.7 Å². The number of terminal acetylenes is 1. The second kappa shape index (κ2) is 12.2. The molecule has 0 aliphatic carbocycles. The normalized spacial score (nSPS) is 18.6. The molecule has 0 radical (unpaired) electrons. The first kappa shape index (κ1) is 25.3. The van der Waals surface area contributed by atoms with Crippen molar-refractivity contribution in [3.8, 4) is 18.1 Å². The minimum absolute atomic E-state index is 0.0243. The van der Waals surface area contributed by atoms with E-state index in [9.17, 15) is 13.2 Å². The smallest absolute Gasteiger partial charge is 0.393 e. The second-order valence-electron chi connectivity index (χ2n) is 7.47. The molecule has 1 aliphatic rings. The number of aromatic nitrogens is 1. The molecule has 1 aromatic rings. The fourth-order valence-electron chi connectivity index (χ4n) is 3.16. The van der Waals surface area contributed by atoms with Crippen LogP contribution < -0.4 is 15.4 Å². The molecule has 2 heterocycles. The highest BCUT2D eigenvalue weighted by Crippen LogP contribution is 2.22. The second-order valence-corrected chi connectivity index (χ2v) is 7.47. The first-order valence-electron chi connectivity index (χ1n) is 10.5. The highest BCUT2D eigenvalue weighted by atomic mass is 19.4. The Morgan fingerprint density at radius 3 is 2.97 bits per heavy atom. The van der Waals surface area contributed by atoms with Crippen molar-refractivity contribution in [3.63, 3.8) is 0 Å². The van der Waals surface area contributed by atoms with E-state index in [0.717, 1.165) is 12.8 Å². The monoisotopic (exact) mass is 449 g/mol. The van der Waals surface area contributed by atoms with E-state index >= 15 is 0 Å². The lowest BCUT2D eigenvalue weighted by Crippen LogP contribution is -2.54. The summed E-state index contributed by atoms with van der Waals surface area (Å²) in [6, 6.07) is 3.60. The van der Waals surface area contributed by atoms with Crippen LogP contribution in [0.15, 0.2) is 53.3 Å². The molecule has 0 bridgehead atoms. The van der Waals surface area contributed by atoms with Gasteiger partial charge in [-0.1, -0.05) is 26.3 Å². The van der Waals surface area contributed by atoms with E-state index in [0.29, 0.717) is 49.1 Å². The van der Waals surface area contributed by atoms with E-state index in [1.807, 2.05) is 24.8 Å². The van der Waals surface area contributed by atoms with Gasteiger partial charge in [0.2, 0.25) is 0 Å². The minimum atomic E-state index is -4.32. The van der Waals surface area contributed by atoms with Crippen LogP contribution in [0.25, 0.3) is 0 Å². The lowest BCUT2D eigenvalue weighted by molar-refractivity contribution is -0.120. The van der Waals surface area contributed by atoms with Crippen molar-refractivity contribution in [2.24, 2.45) is 10.9 Å². The first-order chi connectivity index (χ1) is 15.2. The molecule has 0 spiro atoms. The first-order valence-corrected chi connectivity index (χ1v) is 10.5. The summed E-state index contributed by atoms with van der Waals surface area (Å²) >= 11 is 0. The highest BCUT2D eigenvalue weighted by Gasteiger charge is 2.26. The third kappa shape index (κ3) is 7.93. The molecular weight excluding hydrogens is 419 g/mol. The van der Waals surface area contributed by atoms with Crippen LogP contribution in [-0.4, -0.2) is 54.6 Å². The Kier molecular flexibility index (Phi) is 9.60. The third-order valence-corrected chi connectivity index (χ3v) is 5.08. The zero-order valence-electron chi connectivity index (χ0n) is 18.5. The maximum Gasteiger partial charge on any atom is 0.393 e. The number of piperazine rings is 1. The Morgan fingerprint density at radius 1 is 1.56 bits per heavy atom. The molecule has 2 unspecified atom stereocenters. The van der Waals surface area contributed by atoms with Gasteiger partial charge in [0.15, 0.2) is 0 Å². The molecule has 6 nitrogen and oxygen atoms in total. The molecule has 2 atom stereocenters. The van der Waals surface area contributed by atoms with Gasteiger partial charge in [0, 0.05) is 38.0 Å². The molecule has 2 rings (SSSR count). The predicted molar refractivity (Wildman–Crippen MR) is 120 cm³/mol. The summed E-state index contributed by atoms with van der Waals surface area (Å²) in [5.41, 5.74) is 0.715. The number of alkyl halides is 3. The SMILES string of the molecule is C#C/C(NC(=C)N1CCNCC1COc1cccnc1)=C(\N=CCC(F)(F)F)C(C)CC. The number of hydrogen-bond acceptors (Lipinski definition) is 6. The lowest BCUT2D eigenvalue weighted by Gasteiger charge is -2.39. The molecule has 1 aliphatic heterocycles. The largest absolute Gasteiger partial charge is 0.490 e. The van der Waals surface area contributed by atoms with Gasteiger partial charge in [0.1, 0.15) is 18.1 Å². The summed E-state index contributed by atoms with van der Waals surface area (Å²) in [4.78, 5) is 10.2. The predicted octanol–water partition coefficient (Wildman–Crippen LogP) is 3.71. The average Bonchev–Trinajstić information content (AvgIpc) is 2.78. The lowest BCUT2D eigenvalue weighted by atomic mass is 10.0. The van der Waals surface area contributed by atoms with Crippen LogP contribution in [0.3, 0.4) is 0 Å². The molecule has 0 amide bonds. The van der Waals surface area contributed by atoms with E-state index in [1.54, 1.807) is 18.5 Å². The molecule has 0 saturated carbocycles. The summed E-state index contributed by atoms with van der Waals surface area (Å²) in [6.45, 7) is 10.4. The van der Waals surface area contributed by atoms with E-state index in [1.165, 1.54) is 0 Å². The van der Waals surface area contributed by atoms with Gasteiger partial charge in [-0.15, -0.1) is 6.42 Å². The molecule has 1 aromatic heterocycles. The Labute approximate surface area is 187 Å². The number of allylic oxidation sites excluding steroid dienone is 2. The fraction of sp³-hybridized carbons (Fsp3) is 0.478. The molecule has 174 valence electrons. The molecule has 2 N–H and O–H groups in total. The van der Waals surface area contributed by atoms with Crippen molar-refractivity contribution in [2.45, 2.75) is 38.9 Å². The Bertz CT molecular complexity index is 845. The molecule has 1 saturated heterocycles. The van der Waals surface area contributed by atoms with Crippen LogP contribution in [0, 0.1) is 18.3 Å². The molecule has 9 heteroatoms. The van der Waals surface area contributed by atoms with Gasteiger partial charge in [0.05, 0.1) is 30.2 Å². The average molecular weight is 450 g/mol. The van der Waals surface area contributed by atoms with Crippen molar-refractivity contribution in [2.75, 3.05) is 26.2 Å². The number of rotatable bonds is 10. The molecule has 1 fully saturated rings. The van der Waals surface area contributed by atoms with Gasteiger partial charge in [-0.3, -0.25) is 9.98 Å². The van der Waals surface area contributed by atoms with Crippen LogP contribution >= 0.6 is 0 Å². The molecule has 32 heavy (non-hydrogen) atoms. The van der Waals surface area contributed by atoms with Crippen molar-refractivity contribution >= 4 is 6.21 Å². The van der Waals surface area contributed by atoms with E-state index in [2.05, 4.69) is 33.1 Å². The summed E-state index contributed by atoms with van der Waals surface area (Å²) < 4.78 is 43.5. The van der Waals surface area contributed by atoms with Gasteiger partial charge >= 0.3 is 6.18 Å². The number of nitrogens with one attached hydrogen (secondary N) is 2. The van der Waals surface area contributed by atoms with Crippen molar-refractivity contribution in [1.29, 1.82) is 0 Å². The zero-order chi connectivity index (χ0) is 23.6. The topological polar surface area (TPSA) is 61.8 Å². The molecular formula is C23H30F3N5O. The minimum Gasteiger partial charge on any atom is -0.490 e. The van der Waals surface area contributed by atoms with Gasteiger partial charge in [-0.25, -0.2) is 0 Å². The van der Waals surface area contributed by atoms with E-state index < -0.39 is 12.6 Å². The van der Waals surface area contributed by atoms with Gasteiger partial charge in [-0.2, -0.15) is 13.2 Å². The van der Waals surface area contributed by atoms with Crippen molar-refractivity contribution in [3.05, 3.63) is 48.3 Å². The zero-order valence-corrected chi connectivity index (χ0v) is 18.5. The standard InChI is InChI=1S/C23H30F3N5O/c1-5-17(3)22(29-11-9-23(24,25)26)21(6-2)30-18(4)31-13-12-28-14-19(31)16-32-20-8-7-10-27-15-20/h2,7-8,10-11,15,17,19,28,30H,4-5,9,12-14,16H2,1,3H3/b22-21+,29-11?. The van der Waals surface area contributed by atoms with Crippen LogP contribution in [0.5, 0.6) is 5.75 Å². The Morgan fingerprint density at radius 2 is 2.34 bits per heavy atom. The van der Waals surface area contributed by atoms with E-state index in [4.69, 9.17) is 11.2 Å². The maximum atomic E-state index is 12.6. The Hall–Kier alpha value is -2.99. The molecule has 0 aromatic carbocycles. The summed E-state index contributed by atoms with van der Waals surface area (Å²) in [5, 5.41) is 6.44. The number of ether oxygens (including phenoxy) is 1. The number of hydrogen-bond donors (Lipinski definition) is 2. The number of pyridine rings is 1. The number of halogens is 3. The van der Waals surface area contributed by atoms with Crippen LogP contribution in [0.2, 0.25) is 0 Å². The highest BCUT2D eigenvalue weighted by molar-refractivity contribution is 5.60. The quantitative estimate of drug-likeness (QED) is 0.421. The number of aliphatic imine (C=N–C) groups is 1. The summed E-state index contributed by atoms with van der Waals surface area (Å²) in [7, 11) is 0. The fourth-order valence-corrected chi connectivity index (χ4v) is 3.16. The van der Waals surface area contributed by atoms with Gasteiger partial charge < -0.3 is 20.3 Å². The summed E-state index contributed by atoms with van der Waals surface area (Å²) in [5.74, 6) is 3.63. The number of nitrogens with zero attached hydrogens (tertiary/aromatic N) is 3. The van der Waals surface area contributed by atoms with Crippen molar-refractivity contribution in [1.82, 2.24) is 20.5 Å². The van der Waals surface area contributed by atoms with Crippen molar-refractivity contribution < 1.29 is 17.9 Å². The van der Waals surface area contributed by atoms with Gasteiger partial charge in [-0.05, 0) is 18.6 Å². The van der Waals surface area contributed by atoms with Crippen LogP contribution in [0.4, 0.5) is 13.2 Å². The van der Waals surface area contributed by atoms with Crippen LogP contribution in [-0.2, 0) is 0 Å².